The number of carbonyl (C=O) groups excluding carboxylic acids is 1. The molecule has 0 saturated carbocycles. The molecule has 2 aromatic carbocycles. The Bertz CT molecular complexity index is 964. The number of unbranched alkanes of at least 4 members (excludes halogenated alkanes) is 3. The minimum absolute atomic E-state index is 0.0555. The van der Waals surface area contributed by atoms with Crippen LogP contribution in [-0.2, 0) is 6.42 Å². The maximum absolute atomic E-state index is 12.3. The molecule has 1 fully saturated rings. The van der Waals surface area contributed by atoms with Crippen LogP contribution < -0.4 is 5.32 Å². The molecule has 31 heavy (non-hydrogen) atoms. The van der Waals surface area contributed by atoms with Crippen molar-refractivity contribution in [1.29, 1.82) is 0 Å². The van der Waals surface area contributed by atoms with Gasteiger partial charge in [0.2, 0.25) is 0 Å². The molecule has 4 heteroatoms. The number of likely N-dealkylation sites (tertiary alicyclic amines) is 1. The highest BCUT2D eigenvalue weighted by Crippen LogP contribution is 2.15. The summed E-state index contributed by atoms with van der Waals surface area (Å²) < 4.78 is 0. The number of hydrogen-bond acceptors (Lipinski definition) is 3. The topological polar surface area (TPSA) is 45.2 Å². The summed E-state index contributed by atoms with van der Waals surface area (Å²) in [5.41, 5.74) is 3.06. The van der Waals surface area contributed by atoms with E-state index in [4.69, 9.17) is 4.98 Å². The molecule has 0 atom stereocenters. The van der Waals surface area contributed by atoms with E-state index >= 15 is 0 Å². The summed E-state index contributed by atoms with van der Waals surface area (Å²) in [6, 6.07) is 22.5. The fourth-order valence-electron chi connectivity index (χ4n) is 4.40. The summed E-state index contributed by atoms with van der Waals surface area (Å²) in [6.45, 7) is 3.34. The molecular weight excluding hydrogens is 382 g/mol. The smallest absolute Gasteiger partial charge is 0.251 e. The Labute approximate surface area is 185 Å². The second kappa shape index (κ2) is 11.1. The third-order valence-electron chi connectivity index (χ3n) is 6.27. The average molecular weight is 416 g/mol. The van der Waals surface area contributed by atoms with E-state index in [-0.39, 0.29) is 5.91 Å². The summed E-state index contributed by atoms with van der Waals surface area (Å²) in [4.78, 5) is 19.6. The lowest BCUT2D eigenvalue weighted by molar-refractivity contribution is 0.0910. The van der Waals surface area contributed by atoms with Crippen molar-refractivity contribution in [2.75, 3.05) is 19.6 Å². The highest BCUT2D eigenvalue weighted by molar-refractivity contribution is 5.94. The van der Waals surface area contributed by atoms with Crippen LogP contribution in [0.4, 0.5) is 0 Å². The van der Waals surface area contributed by atoms with Gasteiger partial charge in [0.05, 0.1) is 5.52 Å². The molecule has 162 valence electrons. The van der Waals surface area contributed by atoms with Gasteiger partial charge in [-0.15, -0.1) is 0 Å². The number of nitrogens with zero attached hydrogens (tertiary/aromatic N) is 2. The standard InChI is InChI=1S/C27H33N3O/c31-27(23-11-4-3-5-12-23)29-25-17-20-30(21-18-25)19-9-2-1-6-13-24-16-15-22-10-7-8-14-26(22)28-24/h3-5,7-8,10-12,14-16,25H,1-2,6,9,13,17-21H2,(H,29,31). The molecule has 1 aliphatic heterocycles. The number of hydrogen-bond donors (Lipinski definition) is 1. The van der Waals surface area contributed by atoms with Gasteiger partial charge in [-0.3, -0.25) is 9.78 Å². The van der Waals surface area contributed by atoms with Crippen molar-refractivity contribution < 1.29 is 4.79 Å². The largest absolute Gasteiger partial charge is 0.349 e. The first kappa shape index (κ1) is 21.5. The number of benzene rings is 2. The van der Waals surface area contributed by atoms with E-state index < -0.39 is 0 Å². The Morgan fingerprint density at radius 1 is 0.871 bits per heavy atom. The van der Waals surface area contributed by atoms with Crippen LogP contribution in [0.25, 0.3) is 10.9 Å². The lowest BCUT2D eigenvalue weighted by Gasteiger charge is -2.32. The van der Waals surface area contributed by atoms with E-state index in [1.807, 2.05) is 30.3 Å². The van der Waals surface area contributed by atoms with Gasteiger partial charge in [0.15, 0.2) is 0 Å². The number of nitrogens with one attached hydrogen (secondary N) is 1. The molecule has 1 aliphatic rings. The quantitative estimate of drug-likeness (QED) is 0.487. The van der Waals surface area contributed by atoms with Crippen LogP contribution in [0.1, 0.15) is 54.6 Å². The number of aryl methyl sites for hydroxylation is 1. The zero-order valence-corrected chi connectivity index (χ0v) is 18.3. The molecule has 0 aliphatic carbocycles. The summed E-state index contributed by atoms with van der Waals surface area (Å²) in [5.74, 6) is 0.0555. The van der Waals surface area contributed by atoms with Gasteiger partial charge in [0.25, 0.3) is 5.91 Å². The van der Waals surface area contributed by atoms with E-state index in [1.54, 1.807) is 0 Å². The zero-order chi connectivity index (χ0) is 21.3. The van der Waals surface area contributed by atoms with E-state index in [0.717, 1.165) is 43.4 Å². The number of amides is 1. The van der Waals surface area contributed by atoms with Crippen LogP contribution >= 0.6 is 0 Å². The summed E-state index contributed by atoms with van der Waals surface area (Å²) in [7, 11) is 0. The maximum atomic E-state index is 12.3. The van der Waals surface area contributed by atoms with E-state index in [0.29, 0.717) is 6.04 Å². The van der Waals surface area contributed by atoms with Crippen LogP contribution in [0.2, 0.25) is 0 Å². The van der Waals surface area contributed by atoms with Crippen LogP contribution in [0.5, 0.6) is 0 Å². The monoisotopic (exact) mass is 415 g/mol. The van der Waals surface area contributed by atoms with Gasteiger partial charge in [-0.2, -0.15) is 0 Å². The number of fused-ring (bicyclic) bond motifs is 1. The van der Waals surface area contributed by atoms with Gasteiger partial charge < -0.3 is 10.2 Å². The second-order valence-electron chi connectivity index (χ2n) is 8.61. The van der Waals surface area contributed by atoms with Gasteiger partial charge in [-0.25, -0.2) is 0 Å². The Balaban J connectivity index is 1.08. The molecule has 4 nitrogen and oxygen atoms in total. The predicted octanol–water partition coefficient (Wildman–Crippen LogP) is 5.23. The normalized spacial score (nSPS) is 15.2. The number of aromatic nitrogens is 1. The number of piperidine rings is 1. The number of carbonyl (C=O) groups is 1. The molecule has 0 radical (unpaired) electrons. The molecule has 0 spiro atoms. The van der Waals surface area contributed by atoms with Gasteiger partial charge in [-0.05, 0) is 62.9 Å². The van der Waals surface area contributed by atoms with Crippen LogP contribution in [-0.4, -0.2) is 41.5 Å². The fraction of sp³-hybridized carbons (Fsp3) is 0.407. The minimum atomic E-state index is 0.0555. The molecule has 1 aromatic heterocycles. The van der Waals surface area contributed by atoms with Gasteiger partial charge in [0.1, 0.15) is 0 Å². The Kier molecular flexibility index (Phi) is 7.67. The van der Waals surface area contributed by atoms with Crippen LogP contribution in [0.3, 0.4) is 0 Å². The van der Waals surface area contributed by atoms with Crippen molar-refractivity contribution in [3.8, 4) is 0 Å². The lowest BCUT2D eigenvalue weighted by Crippen LogP contribution is -2.44. The first-order valence-electron chi connectivity index (χ1n) is 11.7. The second-order valence-corrected chi connectivity index (χ2v) is 8.61. The fourth-order valence-corrected chi connectivity index (χ4v) is 4.40. The number of para-hydroxylation sites is 1. The summed E-state index contributed by atoms with van der Waals surface area (Å²) in [6.07, 6.45) is 8.16. The van der Waals surface area contributed by atoms with Crippen molar-refractivity contribution in [3.05, 3.63) is 78.0 Å². The highest BCUT2D eigenvalue weighted by Gasteiger charge is 2.20. The third kappa shape index (κ3) is 6.38. The van der Waals surface area contributed by atoms with Crippen LogP contribution in [0, 0.1) is 0 Å². The zero-order valence-electron chi connectivity index (χ0n) is 18.3. The Hall–Kier alpha value is -2.72. The molecule has 0 bridgehead atoms. The SMILES string of the molecule is O=C(NC1CCN(CCCCCCc2ccc3ccccc3n2)CC1)c1ccccc1. The molecule has 1 amide bonds. The van der Waals surface area contributed by atoms with Gasteiger partial charge in [-0.1, -0.05) is 55.3 Å². The van der Waals surface area contributed by atoms with E-state index in [9.17, 15) is 4.79 Å². The Morgan fingerprint density at radius 3 is 2.45 bits per heavy atom. The van der Waals surface area contributed by atoms with Crippen LogP contribution in [0.15, 0.2) is 66.7 Å². The molecule has 3 aromatic rings. The molecule has 4 rings (SSSR count). The first-order chi connectivity index (χ1) is 15.3. The Morgan fingerprint density at radius 2 is 1.61 bits per heavy atom. The summed E-state index contributed by atoms with van der Waals surface area (Å²) >= 11 is 0. The molecular formula is C27H33N3O. The van der Waals surface area contributed by atoms with E-state index in [2.05, 4.69) is 46.6 Å². The van der Waals surface area contributed by atoms with Crippen molar-refractivity contribution in [2.24, 2.45) is 0 Å². The first-order valence-corrected chi connectivity index (χ1v) is 11.7. The maximum Gasteiger partial charge on any atom is 0.251 e. The van der Waals surface area contributed by atoms with Gasteiger partial charge >= 0.3 is 0 Å². The number of pyridine rings is 1. The molecule has 1 saturated heterocycles. The van der Waals surface area contributed by atoms with Crippen molar-refractivity contribution >= 4 is 16.8 Å². The average Bonchev–Trinajstić information content (AvgIpc) is 2.83. The molecule has 1 N–H and O–H groups in total. The molecule has 2 heterocycles. The predicted molar refractivity (Wildman–Crippen MR) is 127 cm³/mol. The van der Waals surface area contributed by atoms with Crippen molar-refractivity contribution in [1.82, 2.24) is 15.2 Å². The lowest BCUT2D eigenvalue weighted by atomic mass is 10.0. The van der Waals surface area contributed by atoms with Gasteiger partial charge in [0, 0.05) is 35.8 Å². The third-order valence-corrected chi connectivity index (χ3v) is 6.27. The minimum Gasteiger partial charge on any atom is -0.349 e. The number of rotatable bonds is 9. The molecule has 0 unspecified atom stereocenters. The highest BCUT2D eigenvalue weighted by atomic mass is 16.1. The van der Waals surface area contributed by atoms with E-state index in [1.165, 1.54) is 43.3 Å². The summed E-state index contributed by atoms with van der Waals surface area (Å²) in [5, 5.41) is 4.41. The van der Waals surface area contributed by atoms with Crippen molar-refractivity contribution in [3.63, 3.8) is 0 Å². The van der Waals surface area contributed by atoms with Crippen molar-refractivity contribution in [2.45, 2.75) is 51.0 Å².